The summed E-state index contributed by atoms with van der Waals surface area (Å²) < 4.78 is 10.6. The number of carbonyl (C=O) groups excluding carboxylic acids is 2. The van der Waals surface area contributed by atoms with Crippen LogP contribution in [-0.2, 0) is 15.9 Å². The third kappa shape index (κ3) is 13.1. The van der Waals surface area contributed by atoms with E-state index >= 15 is 0 Å². The van der Waals surface area contributed by atoms with Gasteiger partial charge < -0.3 is 24.8 Å². The fourth-order valence-corrected chi connectivity index (χ4v) is 14.6. The highest BCUT2D eigenvalue weighted by Crippen LogP contribution is 2.52. The summed E-state index contributed by atoms with van der Waals surface area (Å²) in [6, 6.07) is 33.2. The molecule has 5 aromatic rings. The number of carbonyl (C=O) groups is 2. The van der Waals surface area contributed by atoms with Gasteiger partial charge in [-0.3, -0.25) is 0 Å². The topological polar surface area (TPSA) is 113 Å². The van der Waals surface area contributed by atoms with Gasteiger partial charge in [0.2, 0.25) is 0 Å². The zero-order chi connectivity index (χ0) is 54.5. The van der Waals surface area contributed by atoms with E-state index in [4.69, 9.17) is 9.47 Å². The van der Waals surface area contributed by atoms with Crippen LogP contribution < -0.4 is 0 Å². The quantitative estimate of drug-likeness (QED) is 0.0795. The standard InChI is InChI=1S/C23H26O.C17H20O2.C16H18O3.C15H18O/c1-14-4-6-19(10-15(14)2)23(20-8-9-22(24)16(3)11-20)21-13-17-5-7-18(21)12-17;1-12-2-5-14(6-3-12)17(18)19-9-8-16-11-13-4-7-15(16)10-13;17-15-4-2-1-3-14(15)16(18)19-8-7-13-10-11-5-6-12(13)9-11;1-10-6-11(3-5-15(10)16)8-14-9-12-2-4-13(14)7-12/h4-11,17-18,21,23-24H,12-13H2,1-3H3;2-7,13,15-16H,8-11H2,1H3;1-6,11-13,17H,7-10H2;2-6,12-14,16H,7-9H2,1H3. The van der Waals surface area contributed by atoms with Crippen molar-refractivity contribution in [3.05, 3.63) is 207 Å². The molecule has 0 heterocycles. The Hall–Kier alpha value is -6.60. The minimum atomic E-state index is -0.434. The molecule has 7 heteroatoms. The smallest absolute Gasteiger partial charge is 0.341 e. The lowest BCUT2D eigenvalue weighted by Gasteiger charge is -2.30. The van der Waals surface area contributed by atoms with Crippen LogP contribution in [0.2, 0.25) is 0 Å². The lowest BCUT2D eigenvalue weighted by atomic mass is 9.74. The Kier molecular flexibility index (Phi) is 17.3. The zero-order valence-electron chi connectivity index (χ0n) is 46.6. The number of aromatic hydroxyl groups is 3. The average molecular weight is 1050 g/mol. The first kappa shape index (κ1) is 54.7. The number of phenols is 3. The molecule has 13 rings (SSSR count). The van der Waals surface area contributed by atoms with Gasteiger partial charge in [-0.2, -0.15) is 0 Å². The van der Waals surface area contributed by atoms with E-state index in [1.54, 1.807) is 18.2 Å². The van der Waals surface area contributed by atoms with Gasteiger partial charge >= 0.3 is 11.9 Å². The number of benzene rings is 5. The molecule has 8 bridgehead atoms. The molecule has 8 aliphatic carbocycles. The van der Waals surface area contributed by atoms with E-state index in [0.717, 1.165) is 76.9 Å². The summed E-state index contributed by atoms with van der Waals surface area (Å²) in [6.07, 6.45) is 32.5. The van der Waals surface area contributed by atoms with E-state index in [1.165, 1.54) is 91.7 Å². The lowest BCUT2D eigenvalue weighted by molar-refractivity contribution is 0.0466. The van der Waals surface area contributed by atoms with E-state index in [-0.39, 0.29) is 17.3 Å². The number of ether oxygens (including phenoxy) is 2. The summed E-state index contributed by atoms with van der Waals surface area (Å²) in [5.41, 5.74) is 10.9. The van der Waals surface area contributed by atoms with E-state index in [9.17, 15) is 24.9 Å². The largest absolute Gasteiger partial charge is 0.508 e. The fourth-order valence-electron chi connectivity index (χ4n) is 14.6. The van der Waals surface area contributed by atoms with Gasteiger partial charge in [0.05, 0.1) is 18.8 Å². The molecule has 0 aromatic heterocycles. The summed E-state index contributed by atoms with van der Waals surface area (Å²) in [5.74, 6) is 9.59. The average Bonchev–Trinajstić information content (AvgIpc) is 4.36. The molecular weight excluding hydrogens is 965 g/mol. The number of esters is 2. The number of aryl methyl sites for hydroxylation is 5. The normalized spacial score (nSPS) is 27.9. The molecule has 0 spiro atoms. The summed E-state index contributed by atoms with van der Waals surface area (Å²) >= 11 is 0. The minimum Gasteiger partial charge on any atom is -0.508 e. The highest BCUT2D eigenvalue weighted by atomic mass is 16.5. The van der Waals surface area contributed by atoms with E-state index < -0.39 is 5.97 Å². The van der Waals surface area contributed by atoms with Crippen LogP contribution in [0.5, 0.6) is 17.2 Å². The van der Waals surface area contributed by atoms with Crippen molar-refractivity contribution >= 4 is 11.9 Å². The van der Waals surface area contributed by atoms with Crippen molar-refractivity contribution in [1.82, 2.24) is 0 Å². The molecule has 0 saturated heterocycles. The summed E-state index contributed by atoms with van der Waals surface area (Å²) in [4.78, 5) is 23.7. The molecular formula is C71H82O7. The first-order valence-electron chi connectivity index (χ1n) is 29.3. The number of fused-ring (bicyclic) bond motifs is 8. The fraction of sp³-hybridized carbons (Fsp3) is 0.437. The molecule has 13 unspecified atom stereocenters. The lowest BCUT2D eigenvalue weighted by Crippen LogP contribution is -2.19. The van der Waals surface area contributed by atoms with Crippen LogP contribution in [-0.4, -0.2) is 40.5 Å². The third-order valence-electron chi connectivity index (χ3n) is 19.1. The Labute approximate surface area is 464 Å². The van der Waals surface area contributed by atoms with Crippen molar-refractivity contribution in [2.45, 2.75) is 111 Å². The highest BCUT2D eigenvalue weighted by molar-refractivity contribution is 5.92. The number of hydrogen-bond acceptors (Lipinski definition) is 7. The van der Waals surface area contributed by atoms with Crippen LogP contribution >= 0.6 is 0 Å². The molecule has 408 valence electrons. The number of rotatable bonds is 13. The second-order valence-corrected chi connectivity index (χ2v) is 24.5. The van der Waals surface area contributed by atoms with Gasteiger partial charge in [-0.1, -0.05) is 121 Å². The van der Waals surface area contributed by atoms with E-state index in [1.807, 2.05) is 57.2 Å². The van der Waals surface area contributed by atoms with Crippen molar-refractivity contribution in [2.24, 2.45) is 71.0 Å². The predicted molar refractivity (Wildman–Crippen MR) is 312 cm³/mol. The molecule has 8 aliphatic rings. The van der Waals surface area contributed by atoms with Crippen molar-refractivity contribution in [3.8, 4) is 17.2 Å². The molecule has 4 saturated carbocycles. The predicted octanol–water partition coefficient (Wildman–Crippen LogP) is 16.0. The molecule has 0 radical (unpaired) electrons. The SMILES string of the molecule is Cc1cc(CC2CC3C=CC2C3)ccc1O.Cc1ccc(C(=O)OCCC2CC3C=CC2C3)cc1.Cc1ccc(C(c2ccc(O)c(C)c2)C2CC3C=CC2C3)cc1C.O=C(OCCC1CC2C=CC1C2)c1ccccc1O. The molecule has 4 fully saturated rings. The summed E-state index contributed by atoms with van der Waals surface area (Å²) in [6.45, 7) is 11.4. The van der Waals surface area contributed by atoms with Gasteiger partial charge in [0.15, 0.2) is 0 Å². The van der Waals surface area contributed by atoms with Gasteiger partial charge in [-0.15, -0.1) is 0 Å². The maximum absolute atomic E-state index is 11.9. The molecule has 0 amide bonds. The first-order chi connectivity index (χ1) is 37.7. The zero-order valence-corrected chi connectivity index (χ0v) is 46.6. The third-order valence-corrected chi connectivity index (χ3v) is 19.1. The minimum absolute atomic E-state index is 0.0182. The van der Waals surface area contributed by atoms with Crippen molar-refractivity contribution < 1.29 is 34.4 Å². The van der Waals surface area contributed by atoms with Crippen LogP contribution in [0.4, 0.5) is 0 Å². The second-order valence-electron chi connectivity index (χ2n) is 24.5. The van der Waals surface area contributed by atoms with Crippen LogP contribution in [0, 0.1) is 106 Å². The molecule has 0 aliphatic heterocycles. The van der Waals surface area contributed by atoms with Crippen LogP contribution in [0.1, 0.15) is 135 Å². The Morgan fingerprint density at radius 2 is 0.962 bits per heavy atom. The van der Waals surface area contributed by atoms with Crippen LogP contribution in [0.25, 0.3) is 0 Å². The van der Waals surface area contributed by atoms with Crippen molar-refractivity contribution in [2.75, 3.05) is 13.2 Å². The van der Waals surface area contributed by atoms with Gasteiger partial charge in [-0.05, 0) is 252 Å². The summed E-state index contributed by atoms with van der Waals surface area (Å²) in [5, 5.41) is 29.0. The number of hydrogen-bond donors (Lipinski definition) is 3. The van der Waals surface area contributed by atoms with Crippen LogP contribution in [0.3, 0.4) is 0 Å². The number of phenolic OH excluding ortho intramolecular Hbond substituents is 3. The van der Waals surface area contributed by atoms with E-state index in [0.29, 0.717) is 59.9 Å². The highest BCUT2D eigenvalue weighted by Gasteiger charge is 2.42. The Morgan fingerprint density at radius 3 is 1.46 bits per heavy atom. The van der Waals surface area contributed by atoms with Gasteiger partial charge in [0, 0.05) is 5.92 Å². The van der Waals surface area contributed by atoms with Gasteiger partial charge in [0.25, 0.3) is 0 Å². The monoisotopic (exact) mass is 1050 g/mol. The number of allylic oxidation sites excluding steroid dienone is 8. The maximum Gasteiger partial charge on any atom is 0.341 e. The summed E-state index contributed by atoms with van der Waals surface area (Å²) in [7, 11) is 0. The maximum atomic E-state index is 11.9. The molecule has 3 N–H and O–H groups in total. The molecule has 13 atom stereocenters. The molecule has 7 nitrogen and oxygen atoms in total. The molecule has 78 heavy (non-hydrogen) atoms. The second kappa shape index (κ2) is 24.6. The Morgan fingerprint density at radius 1 is 0.462 bits per heavy atom. The first-order valence-corrected chi connectivity index (χ1v) is 29.3. The van der Waals surface area contributed by atoms with Crippen LogP contribution in [0.15, 0.2) is 152 Å². The van der Waals surface area contributed by atoms with Gasteiger partial charge in [-0.25, -0.2) is 9.59 Å². The van der Waals surface area contributed by atoms with Gasteiger partial charge in [0.1, 0.15) is 22.8 Å². The van der Waals surface area contributed by atoms with E-state index in [2.05, 4.69) is 105 Å². The van der Waals surface area contributed by atoms with Crippen molar-refractivity contribution in [1.29, 1.82) is 0 Å². The van der Waals surface area contributed by atoms with Crippen molar-refractivity contribution in [3.63, 3.8) is 0 Å². The Bertz CT molecular complexity index is 2980. The number of para-hydroxylation sites is 1. The molecule has 5 aromatic carbocycles. The Balaban J connectivity index is 0.000000119.